The topological polar surface area (TPSA) is 78.0 Å². The van der Waals surface area contributed by atoms with E-state index in [9.17, 15) is 4.79 Å². The van der Waals surface area contributed by atoms with Gasteiger partial charge in [0.05, 0.1) is 13.2 Å². The maximum atomic E-state index is 11.7. The minimum atomic E-state index is -0.0705. The number of guanidine groups is 1. The summed E-state index contributed by atoms with van der Waals surface area (Å²) >= 11 is 0. The van der Waals surface area contributed by atoms with Gasteiger partial charge in [0.25, 0.3) is 0 Å². The summed E-state index contributed by atoms with van der Waals surface area (Å²) in [5, 5.41) is 9.24. The second kappa shape index (κ2) is 10.6. The number of para-hydroxylation sites is 1. The molecule has 2 rings (SSSR count). The van der Waals surface area contributed by atoms with Crippen LogP contribution in [-0.2, 0) is 9.53 Å². The van der Waals surface area contributed by atoms with Gasteiger partial charge in [-0.15, -0.1) is 0 Å². The van der Waals surface area contributed by atoms with Crippen LogP contribution in [0.25, 0.3) is 0 Å². The van der Waals surface area contributed by atoms with Crippen LogP contribution in [0.3, 0.4) is 0 Å². The summed E-state index contributed by atoms with van der Waals surface area (Å²) in [6.45, 7) is 3.25. The Kier molecular flexibility index (Phi) is 8.04. The van der Waals surface area contributed by atoms with Crippen molar-refractivity contribution in [2.24, 2.45) is 4.99 Å². The van der Waals surface area contributed by atoms with Crippen LogP contribution in [0.1, 0.15) is 12.8 Å². The number of hydrogen-bond acceptors (Lipinski definition) is 4. The number of anilines is 1. The molecule has 0 radical (unpaired) electrons. The van der Waals surface area contributed by atoms with Crippen LogP contribution in [0.15, 0.2) is 35.3 Å². The summed E-state index contributed by atoms with van der Waals surface area (Å²) in [4.78, 5) is 18.3. The molecule has 1 amide bonds. The molecule has 0 atom stereocenters. The quantitative estimate of drug-likeness (QED) is 0.382. The van der Waals surface area contributed by atoms with Crippen LogP contribution in [-0.4, -0.2) is 64.9 Å². The average Bonchev–Trinajstić information content (AvgIpc) is 2.66. The molecule has 1 aliphatic rings. The molecule has 0 bridgehead atoms. The number of amides is 1. The molecule has 138 valence electrons. The fraction of sp³-hybridized carbons (Fsp3) is 0.556. The second-order valence-electron chi connectivity index (χ2n) is 6.01. The van der Waals surface area contributed by atoms with E-state index < -0.39 is 0 Å². The molecule has 1 saturated heterocycles. The van der Waals surface area contributed by atoms with Crippen molar-refractivity contribution < 1.29 is 9.53 Å². The molecule has 1 heterocycles. The van der Waals surface area contributed by atoms with Crippen molar-refractivity contribution in [3.63, 3.8) is 0 Å². The SMILES string of the molecule is CN=C(NCC(=O)NCCOC)NC1CCN(c2ccccc2)CC1. The molecule has 0 aliphatic carbocycles. The van der Waals surface area contributed by atoms with Gasteiger partial charge in [0.2, 0.25) is 5.91 Å². The van der Waals surface area contributed by atoms with Gasteiger partial charge in [0, 0.05) is 45.5 Å². The third kappa shape index (κ3) is 6.62. The normalized spacial score (nSPS) is 15.8. The molecule has 1 aromatic carbocycles. The molecule has 0 spiro atoms. The van der Waals surface area contributed by atoms with E-state index in [1.165, 1.54) is 5.69 Å². The summed E-state index contributed by atoms with van der Waals surface area (Å²) in [6, 6.07) is 10.8. The van der Waals surface area contributed by atoms with Crippen molar-refractivity contribution in [2.45, 2.75) is 18.9 Å². The molecule has 1 aliphatic heterocycles. The Morgan fingerprint density at radius 1 is 1.24 bits per heavy atom. The van der Waals surface area contributed by atoms with E-state index in [0.29, 0.717) is 25.2 Å². The van der Waals surface area contributed by atoms with Crippen molar-refractivity contribution in [3.8, 4) is 0 Å². The lowest BCUT2D eigenvalue weighted by atomic mass is 10.0. The largest absolute Gasteiger partial charge is 0.383 e. The molecule has 3 N–H and O–H groups in total. The average molecular weight is 347 g/mol. The maximum absolute atomic E-state index is 11.7. The highest BCUT2D eigenvalue weighted by atomic mass is 16.5. The Morgan fingerprint density at radius 2 is 1.96 bits per heavy atom. The van der Waals surface area contributed by atoms with E-state index in [1.807, 2.05) is 6.07 Å². The van der Waals surface area contributed by atoms with Crippen LogP contribution in [0.5, 0.6) is 0 Å². The maximum Gasteiger partial charge on any atom is 0.239 e. The molecular formula is C18H29N5O2. The van der Waals surface area contributed by atoms with Gasteiger partial charge in [0.15, 0.2) is 5.96 Å². The van der Waals surface area contributed by atoms with Gasteiger partial charge in [-0.1, -0.05) is 18.2 Å². The zero-order valence-corrected chi connectivity index (χ0v) is 15.1. The Balaban J connectivity index is 1.69. The summed E-state index contributed by atoms with van der Waals surface area (Å²) < 4.78 is 4.90. The van der Waals surface area contributed by atoms with E-state index in [0.717, 1.165) is 25.9 Å². The van der Waals surface area contributed by atoms with Crippen LogP contribution < -0.4 is 20.9 Å². The zero-order valence-electron chi connectivity index (χ0n) is 15.1. The Hall–Kier alpha value is -2.28. The van der Waals surface area contributed by atoms with E-state index in [1.54, 1.807) is 14.2 Å². The number of benzene rings is 1. The summed E-state index contributed by atoms with van der Waals surface area (Å²) in [5.41, 5.74) is 1.27. The highest BCUT2D eigenvalue weighted by molar-refractivity contribution is 5.86. The van der Waals surface area contributed by atoms with E-state index in [-0.39, 0.29) is 12.5 Å². The fourth-order valence-corrected chi connectivity index (χ4v) is 2.83. The van der Waals surface area contributed by atoms with Gasteiger partial charge in [-0.25, -0.2) is 0 Å². The number of ether oxygens (including phenoxy) is 1. The number of piperidine rings is 1. The summed E-state index contributed by atoms with van der Waals surface area (Å²) in [7, 11) is 3.33. The number of nitrogens with zero attached hydrogens (tertiary/aromatic N) is 2. The van der Waals surface area contributed by atoms with Gasteiger partial charge in [-0.3, -0.25) is 9.79 Å². The number of carbonyl (C=O) groups excluding carboxylic acids is 1. The minimum Gasteiger partial charge on any atom is -0.383 e. The first kappa shape index (κ1) is 19.1. The van der Waals surface area contributed by atoms with Crippen LogP contribution in [0.4, 0.5) is 5.69 Å². The van der Waals surface area contributed by atoms with E-state index in [4.69, 9.17) is 4.74 Å². The van der Waals surface area contributed by atoms with Crippen molar-refractivity contribution in [1.82, 2.24) is 16.0 Å². The van der Waals surface area contributed by atoms with Gasteiger partial charge < -0.3 is 25.6 Å². The monoisotopic (exact) mass is 347 g/mol. The van der Waals surface area contributed by atoms with Crippen molar-refractivity contribution in [1.29, 1.82) is 0 Å². The number of nitrogens with one attached hydrogen (secondary N) is 3. The lowest BCUT2D eigenvalue weighted by molar-refractivity contribution is -0.120. The fourth-order valence-electron chi connectivity index (χ4n) is 2.83. The van der Waals surface area contributed by atoms with Crippen LogP contribution in [0.2, 0.25) is 0 Å². The Labute approximate surface area is 149 Å². The molecule has 7 nitrogen and oxygen atoms in total. The van der Waals surface area contributed by atoms with Crippen molar-refractivity contribution in [2.75, 3.05) is 51.8 Å². The van der Waals surface area contributed by atoms with Gasteiger partial charge >= 0.3 is 0 Å². The first-order valence-electron chi connectivity index (χ1n) is 8.75. The Bertz CT molecular complexity index is 542. The van der Waals surface area contributed by atoms with Gasteiger partial charge in [-0.05, 0) is 25.0 Å². The number of carbonyl (C=O) groups is 1. The number of aliphatic imine (C=N–C) groups is 1. The molecule has 0 unspecified atom stereocenters. The molecule has 1 aromatic rings. The van der Waals surface area contributed by atoms with Crippen molar-refractivity contribution in [3.05, 3.63) is 30.3 Å². The lowest BCUT2D eigenvalue weighted by Gasteiger charge is -2.34. The van der Waals surface area contributed by atoms with E-state index >= 15 is 0 Å². The first-order valence-corrected chi connectivity index (χ1v) is 8.75. The molecule has 0 aromatic heterocycles. The highest BCUT2D eigenvalue weighted by Crippen LogP contribution is 2.19. The number of methoxy groups -OCH3 is 1. The summed E-state index contributed by atoms with van der Waals surface area (Å²) in [6.07, 6.45) is 2.07. The molecule has 7 heteroatoms. The molecule has 0 saturated carbocycles. The lowest BCUT2D eigenvalue weighted by Crippen LogP contribution is -2.50. The van der Waals surface area contributed by atoms with E-state index in [2.05, 4.69) is 50.1 Å². The smallest absolute Gasteiger partial charge is 0.239 e. The van der Waals surface area contributed by atoms with Crippen molar-refractivity contribution >= 4 is 17.6 Å². The highest BCUT2D eigenvalue weighted by Gasteiger charge is 2.20. The van der Waals surface area contributed by atoms with Gasteiger partial charge in [0.1, 0.15) is 0 Å². The zero-order chi connectivity index (χ0) is 17.9. The standard InChI is InChI=1S/C18H29N5O2/c1-19-18(21-14-17(24)20-10-13-25-2)22-15-8-11-23(12-9-15)16-6-4-3-5-7-16/h3-7,15H,8-14H2,1-2H3,(H,20,24)(H2,19,21,22). The third-order valence-electron chi connectivity index (χ3n) is 4.23. The Morgan fingerprint density at radius 3 is 2.60 bits per heavy atom. The predicted molar refractivity (Wildman–Crippen MR) is 101 cm³/mol. The second-order valence-corrected chi connectivity index (χ2v) is 6.01. The number of rotatable bonds is 7. The number of hydrogen-bond donors (Lipinski definition) is 3. The first-order chi connectivity index (χ1) is 12.2. The molecule has 25 heavy (non-hydrogen) atoms. The van der Waals surface area contributed by atoms with Crippen LogP contribution >= 0.6 is 0 Å². The minimum absolute atomic E-state index is 0.0705. The molecule has 1 fully saturated rings. The molecular weight excluding hydrogens is 318 g/mol. The predicted octanol–water partition coefficient (Wildman–Crippen LogP) is 0.583. The van der Waals surface area contributed by atoms with Gasteiger partial charge in [-0.2, -0.15) is 0 Å². The third-order valence-corrected chi connectivity index (χ3v) is 4.23. The summed E-state index contributed by atoms with van der Waals surface area (Å²) in [5.74, 6) is 0.596. The van der Waals surface area contributed by atoms with Crippen LogP contribution in [0, 0.1) is 0 Å².